The number of rotatable bonds is 5. The molecule has 1 saturated carbocycles. The third kappa shape index (κ3) is 5.19. The lowest BCUT2D eigenvalue weighted by Gasteiger charge is -2.30. The van der Waals surface area contributed by atoms with E-state index in [-0.39, 0.29) is 11.6 Å². The zero-order valence-electron chi connectivity index (χ0n) is 21.2. The summed E-state index contributed by atoms with van der Waals surface area (Å²) in [6, 6.07) is 16.3. The molecule has 6 rings (SSSR count). The molecule has 0 spiro atoms. The van der Waals surface area contributed by atoms with E-state index in [0.717, 1.165) is 90.5 Å². The van der Waals surface area contributed by atoms with Gasteiger partial charge in [-0.2, -0.15) is 0 Å². The first-order valence-corrected chi connectivity index (χ1v) is 13.3. The van der Waals surface area contributed by atoms with Gasteiger partial charge in [-0.15, -0.1) is 0 Å². The van der Waals surface area contributed by atoms with Crippen LogP contribution in [-0.4, -0.2) is 54.6 Å². The summed E-state index contributed by atoms with van der Waals surface area (Å²) in [5, 5.41) is 15.2. The minimum atomic E-state index is -0.948. The topological polar surface area (TPSA) is 116 Å². The average Bonchev–Trinajstić information content (AvgIpc) is 2.92. The molecular formula is C29H32N4O5. The van der Waals surface area contributed by atoms with E-state index in [9.17, 15) is 9.59 Å². The van der Waals surface area contributed by atoms with E-state index in [4.69, 9.17) is 14.6 Å². The normalized spacial score (nSPS) is 20.6. The Bertz CT molecular complexity index is 1390. The molecular weight excluding hydrogens is 484 g/mol. The van der Waals surface area contributed by atoms with Gasteiger partial charge < -0.3 is 35.1 Å². The van der Waals surface area contributed by atoms with E-state index in [2.05, 4.69) is 32.7 Å². The van der Waals surface area contributed by atoms with Gasteiger partial charge in [-0.3, -0.25) is 4.79 Å². The summed E-state index contributed by atoms with van der Waals surface area (Å²) in [5.41, 5.74) is 5.59. The number of aromatic nitrogens is 1. The molecule has 1 saturated heterocycles. The molecule has 1 amide bonds. The number of para-hydroxylation sites is 1. The first-order valence-electron chi connectivity index (χ1n) is 13.3. The molecule has 38 heavy (non-hydrogen) atoms. The zero-order valence-corrected chi connectivity index (χ0v) is 21.2. The van der Waals surface area contributed by atoms with Crippen molar-refractivity contribution in [3.8, 4) is 22.8 Å². The molecule has 0 atom stereocenters. The monoisotopic (exact) mass is 516 g/mol. The number of morpholine rings is 1. The minimum absolute atomic E-state index is 0.0395. The van der Waals surface area contributed by atoms with Gasteiger partial charge in [0.25, 0.3) is 0 Å². The molecule has 3 heterocycles. The van der Waals surface area contributed by atoms with Crippen molar-refractivity contribution in [3.05, 3.63) is 70.0 Å². The van der Waals surface area contributed by atoms with Gasteiger partial charge in [-0.1, -0.05) is 12.1 Å². The number of nitrogens with zero attached hydrogens (tertiary/aromatic N) is 1. The molecule has 2 fully saturated rings. The van der Waals surface area contributed by atoms with Crippen LogP contribution in [0, 0.1) is 0 Å². The van der Waals surface area contributed by atoms with Crippen LogP contribution < -0.4 is 25.8 Å². The molecule has 2 aliphatic heterocycles. The fourth-order valence-electron chi connectivity index (χ4n) is 5.75. The van der Waals surface area contributed by atoms with E-state index >= 15 is 0 Å². The highest BCUT2D eigenvalue weighted by Crippen LogP contribution is 2.43. The fourth-order valence-corrected chi connectivity index (χ4v) is 5.75. The number of hydrogen-bond acceptors (Lipinski definition) is 6. The summed E-state index contributed by atoms with van der Waals surface area (Å²) < 4.78 is 11.9. The van der Waals surface area contributed by atoms with E-state index in [1.54, 1.807) is 6.07 Å². The summed E-state index contributed by atoms with van der Waals surface area (Å²) in [6.45, 7) is 2.83. The first-order chi connectivity index (χ1) is 18.5. The van der Waals surface area contributed by atoms with Crippen molar-refractivity contribution in [3.63, 3.8) is 0 Å². The molecule has 2 aromatic carbocycles. The SMILES string of the molecule is O=C(O)N[C@H]1CC[C@H](Nc2ccc3c(c2)Cc2cccc(-c4cc(N5CCOCC5)cc(=O)[nH]4)c2O3)CC1. The van der Waals surface area contributed by atoms with E-state index in [1.807, 2.05) is 30.3 Å². The largest absolute Gasteiger partial charge is 0.465 e. The molecule has 0 radical (unpaired) electrons. The Kier molecular flexibility index (Phi) is 6.68. The van der Waals surface area contributed by atoms with Gasteiger partial charge in [-0.25, -0.2) is 4.79 Å². The molecule has 198 valence electrons. The van der Waals surface area contributed by atoms with Crippen LogP contribution in [0.15, 0.2) is 53.3 Å². The quantitative estimate of drug-likeness (QED) is 0.307. The van der Waals surface area contributed by atoms with E-state index in [1.165, 1.54) is 0 Å². The third-order valence-electron chi connectivity index (χ3n) is 7.67. The molecule has 3 aliphatic rings. The van der Waals surface area contributed by atoms with Crippen molar-refractivity contribution in [1.82, 2.24) is 10.3 Å². The van der Waals surface area contributed by atoms with Crippen molar-refractivity contribution in [2.24, 2.45) is 0 Å². The smallest absolute Gasteiger partial charge is 0.404 e. The number of carboxylic acid groups (broad SMARTS) is 1. The number of H-pyrrole nitrogens is 1. The number of anilines is 2. The molecule has 3 aromatic rings. The van der Waals surface area contributed by atoms with Crippen molar-refractivity contribution in [2.45, 2.75) is 44.2 Å². The van der Waals surface area contributed by atoms with Gasteiger partial charge in [0, 0.05) is 60.2 Å². The number of pyridine rings is 1. The van der Waals surface area contributed by atoms with Gasteiger partial charge in [-0.05, 0) is 61.6 Å². The van der Waals surface area contributed by atoms with Crippen molar-refractivity contribution in [2.75, 3.05) is 36.5 Å². The minimum Gasteiger partial charge on any atom is -0.465 e. The molecule has 0 bridgehead atoms. The number of aromatic amines is 1. The van der Waals surface area contributed by atoms with Crippen LogP contribution >= 0.6 is 0 Å². The zero-order chi connectivity index (χ0) is 26.1. The predicted octanol–water partition coefficient (Wildman–Crippen LogP) is 4.57. The molecule has 1 aliphatic carbocycles. The van der Waals surface area contributed by atoms with Crippen LogP contribution in [0.25, 0.3) is 11.3 Å². The van der Waals surface area contributed by atoms with E-state index in [0.29, 0.717) is 19.3 Å². The predicted molar refractivity (Wildman–Crippen MR) is 146 cm³/mol. The van der Waals surface area contributed by atoms with Crippen LogP contribution in [0.5, 0.6) is 11.5 Å². The van der Waals surface area contributed by atoms with Gasteiger partial charge in [0.1, 0.15) is 11.5 Å². The number of amides is 1. The maximum Gasteiger partial charge on any atom is 0.404 e. The first kappa shape index (κ1) is 24.4. The number of hydrogen-bond donors (Lipinski definition) is 4. The van der Waals surface area contributed by atoms with Crippen molar-refractivity contribution in [1.29, 1.82) is 0 Å². The summed E-state index contributed by atoms with van der Waals surface area (Å²) in [7, 11) is 0. The van der Waals surface area contributed by atoms with Crippen LogP contribution in [0.4, 0.5) is 16.2 Å². The molecule has 9 nitrogen and oxygen atoms in total. The Morgan fingerprint density at radius 3 is 2.55 bits per heavy atom. The lowest BCUT2D eigenvalue weighted by atomic mass is 9.91. The number of ether oxygens (including phenoxy) is 2. The van der Waals surface area contributed by atoms with Crippen LogP contribution in [0.1, 0.15) is 36.8 Å². The Labute approximate surface area is 220 Å². The Balaban J connectivity index is 1.20. The summed E-state index contributed by atoms with van der Waals surface area (Å²) in [4.78, 5) is 28.7. The highest BCUT2D eigenvalue weighted by molar-refractivity contribution is 5.74. The van der Waals surface area contributed by atoms with Crippen molar-refractivity contribution < 1.29 is 19.4 Å². The third-order valence-corrected chi connectivity index (χ3v) is 7.67. The lowest BCUT2D eigenvalue weighted by molar-refractivity contribution is 0.122. The maximum atomic E-state index is 12.6. The highest BCUT2D eigenvalue weighted by Gasteiger charge is 2.25. The summed E-state index contributed by atoms with van der Waals surface area (Å²) in [6.07, 6.45) is 3.30. The maximum absolute atomic E-state index is 12.6. The lowest BCUT2D eigenvalue weighted by Crippen LogP contribution is -2.39. The Hall–Kier alpha value is -3.98. The van der Waals surface area contributed by atoms with E-state index < -0.39 is 6.09 Å². The molecule has 4 N–H and O–H groups in total. The van der Waals surface area contributed by atoms with Crippen LogP contribution in [0.3, 0.4) is 0 Å². The molecule has 1 aromatic heterocycles. The second kappa shape index (κ2) is 10.4. The van der Waals surface area contributed by atoms with Crippen LogP contribution in [0.2, 0.25) is 0 Å². The van der Waals surface area contributed by atoms with Gasteiger partial charge >= 0.3 is 6.09 Å². The van der Waals surface area contributed by atoms with Crippen molar-refractivity contribution >= 4 is 17.5 Å². The van der Waals surface area contributed by atoms with Crippen LogP contribution in [-0.2, 0) is 11.2 Å². The summed E-state index contributed by atoms with van der Waals surface area (Å²) >= 11 is 0. The number of fused-ring (bicyclic) bond motifs is 2. The Morgan fingerprint density at radius 1 is 0.974 bits per heavy atom. The number of nitrogens with one attached hydrogen (secondary N) is 3. The highest BCUT2D eigenvalue weighted by atomic mass is 16.5. The Morgan fingerprint density at radius 2 is 1.76 bits per heavy atom. The fraction of sp³-hybridized carbons (Fsp3) is 0.379. The second-order valence-electron chi connectivity index (χ2n) is 10.3. The number of benzene rings is 2. The van der Waals surface area contributed by atoms with Gasteiger partial charge in [0.2, 0.25) is 5.56 Å². The average molecular weight is 517 g/mol. The number of carbonyl (C=O) groups is 1. The van der Waals surface area contributed by atoms with Gasteiger partial charge in [0.15, 0.2) is 0 Å². The van der Waals surface area contributed by atoms with Gasteiger partial charge in [0.05, 0.1) is 18.9 Å². The standard InChI is InChI=1S/C29H32N4O5/c34-27-17-23(33-10-12-37-13-11-33)16-25(32-27)24-3-1-2-18-14-19-15-22(8-9-26(19)38-28(18)24)30-20-4-6-21(7-5-20)31-29(35)36/h1-3,8-9,15-17,20-21,30-31H,4-7,10-14H2,(H,32,34)(H,35,36)/t20-,21-. The summed E-state index contributed by atoms with van der Waals surface area (Å²) in [5.74, 6) is 1.59. The molecule has 9 heteroatoms. The second-order valence-corrected chi connectivity index (χ2v) is 10.3. The molecule has 0 unspecified atom stereocenters.